The number of hydrogen-bond acceptors (Lipinski definition) is 3. The topological polar surface area (TPSA) is 58.5 Å². The van der Waals surface area contributed by atoms with Crippen molar-refractivity contribution < 1.29 is 27.1 Å². The molecule has 0 saturated heterocycles. The highest BCUT2D eigenvalue weighted by molar-refractivity contribution is 5.87. The molecule has 176 valence electrons. The third kappa shape index (κ3) is 3.63. The maximum absolute atomic E-state index is 13.6. The Labute approximate surface area is 194 Å². The fourth-order valence-electron chi connectivity index (χ4n) is 4.75. The molecule has 1 atom stereocenters. The molecule has 1 amide bonds. The van der Waals surface area contributed by atoms with E-state index in [2.05, 4.69) is 4.98 Å². The molecule has 3 heterocycles. The van der Waals surface area contributed by atoms with E-state index in [0.29, 0.717) is 25.1 Å². The van der Waals surface area contributed by atoms with Crippen molar-refractivity contribution in [2.24, 2.45) is 0 Å². The summed E-state index contributed by atoms with van der Waals surface area (Å²) in [5.41, 5.74) is 1.95. The van der Waals surface area contributed by atoms with Crippen LogP contribution < -0.4 is 4.74 Å². The fourth-order valence-corrected chi connectivity index (χ4v) is 4.75. The molecule has 0 radical (unpaired) electrons. The van der Waals surface area contributed by atoms with Crippen LogP contribution in [0.4, 0.5) is 13.2 Å². The van der Waals surface area contributed by atoms with Crippen molar-refractivity contribution in [1.29, 1.82) is 0 Å². The number of methoxy groups -OCH3 is 1. The van der Waals surface area contributed by atoms with E-state index >= 15 is 0 Å². The number of benzene rings is 2. The molecule has 4 aromatic rings. The molecule has 2 aromatic heterocycles. The Morgan fingerprint density at radius 1 is 1.18 bits per heavy atom. The maximum atomic E-state index is 13.6. The van der Waals surface area contributed by atoms with Crippen molar-refractivity contribution in [3.05, 3.63) is 77.2 Å². The Hall–Kier alpha value is -3.68. The third-order valence-corrected chi connectivity index (χ3v) is 6.35. The first-order valence-electron chi connectivity index (χ1n) is 11.1. The summed E-state index contributed by atoms with van der Waals surface area (Å²) < 4.78 is 52.1. The van der Waals surface area contributed by atoms with Crippen LogP contribution >= 0.6 is 0 Å². The zero-order chi connectivity index (χ0) is 24.0. The van der Waals surface area contributed by atoms with Crippen molar-refractivity contribution in [3.8, 4) is 17.1 Å². The number of nitrogens with zero attached hydrogens (tertiary/aromatic N) is 1. The second-order valence-corrected chi connectivity index (χ2v) is 8.27. The average Bonchev–Trinajstić information content (AvgIpc) is 3.47. The highest BCUT2D eigenvalue weighted by atomic mass is 19.4. The van der Waals surface area contributed by atoms with Gasteiger partial charge in [0.25, 0.3) is 0 Å². The van der Waals surface area contributed by atoms with Gasteiger partial charge in [-0.2, -0.15) is 13.2 Å². The number of furan rings is 1. The summed E-state index contributed by atoms with van der Waals surface area (Å²) in [7, 11) is 1.61. The Balaban J connectivity index is 1.64. The van der Waals surface area contributed by atoms with Gasteiger partial charge < -0.3 is 19.0 Å². The Bertz CT molecular complexity index is 1370. The van der Waals surface area contributed by atoms with Crippen molar-refractivity contribution in [2.45, 2.75) is 32.0 Å². The average molecular weight is 468 g/mol. The number of carbonyl (C=O) groups excluding carboxylic acids is 1. The van der Waals surface area contributed by atoms with E-state index in [-0.39, 0.29) is 17.2 Å². The van der Waals surface area contributed by atoms with Gasteiger partial charge in [0.15, 0.2) is 0 Å². The van der Waals surface area contributed by atoms with Gasteiger partial charge in [-0.1, -0.05) is 25.1 Å². The second-order valence-electron chi connectivity index (χ2n) is 8.27. The van der Waals surface area contributed by atoms with Crippen molar-refractivity contribution in [2.75, 3.05) is 13.7 Å². The second kappa shape index (κ2) is 8.27. The molecular formula is C26H23F3N2O3. The summed E-state index contributed by atoms with van der Waals surface area (Å²) in [5, 5.41) is 0.997. The molecule has 8 heteroatoms. The zero-order valence-electron chi connectivity index (χ0n) is 18.7. The third-order valence-electron chi connectivity index (χ3n) is 6.35. The minimum absolute atomic E-state index is 0.0352. The van der Waals surface area contributed by atoms with Crippen LogP contribution in [-0.4, -0.2) is 29.4 Å². The molecule has 5 rings (SSSR count). The van der Waals surface area contributed by atoms with Crippen LogP contribution in [-0.2, 0) is 17.4 Å². The normalized spacial score (nSPS) is 16.0. The van der Waals surface area contributed by atoms with Gasteiger partial charge in [0.1, 0.15) is 23.3 Å². The lowest BCUT2D eigenvalue weighted by Gasteiger charge is -2.34. The number of aromatic nitrogens is 1. The first-order chi connectivity index (χ1) is 16.3. The van der Waals surface area contributed by atoms with Crippen molar-refractivity contribution in [1.82, 2.24) is 9.88 Å². The zero-order valence-corrected chi connectivity index (χ0v) is 18.7. The summed E-state index contributed by atoms with van der Waals surface area (Å²) in [6, 6.07) is 13.7. The van der Waals surface area contributed by atoms with E-state index in [9.17, 15) is 18.0 Å². The number of fused-ring (bicyclic) bond motifs is 3. The molecule has 0 spiro atoms. The number of H-pyrrole nitrogens is 1. The van der Waals surface area contributed by atoms with Crippen LogP contribution in [0.3, 0.4) is 0 Å². The molecule has 2 aromatic carbocycles. The lowest BCUT2D eigenvalue weighted by atomic mass is 9.95. The van der Waals surface area contributed by atoms with Gasteiger partial charge in [-0.3, -0.25) is 4.79 Å². The molecule has 0 unspecified atom stereocenters. The van der Waals surface area contributed by atoms with E-state index in [1.807, 2.05) is 18.2 Å². The van der Waals surface area contributed by atoms with E-state index < -0.39 is 17.8 Å². The first kappa shape index (κ1) is 22.1. The Kier molecular flexibility index (Phi) is 5.38. The minimum atomic E-state index is -4.51. The van der Waals surface area contributed by atoms with Gasteiger partial charge in [0.05, 0.1) is 18.4 Å². The van der Waals surface area contributed by atoms with Crippen LogP contribution in [0.5, 0.6) is 5.75 Å². The molecule has 1 aliphatic rings. The standard InChI is InChI=1S/C26H23F3N2O3/c1-3-23(32)31-13-12-16-18-14-15(33-2)8-9-20(18)30-24(16)25(31)22-11-10-21(34-22)17-6-4-5-7-19(17)26(27,28)29/h4-11,14,25,30H,3,12-13H2,1-2H3/t25-/m1/s1. The molecule has 5 nitrogen and oxygen atoms in total. The first-order valence-corrected chi connectivity index (χ1v) is 11.1. The summed E-state index contributed by atoms with van der Waals surface area (Å²) in [6.45, 7) is 2.27. The number of nitrogens with one attached hydrogen (secondary N) is 1. The van der Waals surface area contributed by atoms with E-state index in [1.54, 1.807) is 31.1 Å². The van der Waals surface area contributed by atoms with Crippen LogP contribution in [0.15, 0.2) is 59.0 Å². The molecule has 0 saturated carbocycles. The van der Waals surface area contributed by atoms with Gasteiger partial charge in [0.2, 0.25) is 5.91 Å². The van der Waals surface area contributed by atoms with Crippen LogP contribution in [0.1, 0.15) is 42.0 Å². The Morgan fingerprint density at radius 3 is 2.71 bits per heavy atom. The van der Waals surface area contributed by atoms with Gasteiger partial charge in [0, 0.05) is 29.4 Å². The molecule has 0 bridgehead atoms. The van der Waals surface area contributed by atoms with E-state index in [0.717, 1.165) is 34.0 Å². The molecular weight excluding hydrogens is 445 g/mol. The highest BCUT2D eigenvalue weighted by Crippen LogP contribution is 2.43. The van der Waals surface area contributed by atoms with Crippen molar-refractivity contribution in [3.63, 3.8) is 0 Å². The highest BCUT2D eigenvalue weighted by Gasteiger charge is 2.37. The van der Waals surface area contributed by atoms with E-state index in [1.165, 1.54) is 18.2 Å². The van der Waals surface area contributed by atoms with Crippen molar-refractivity contribution >= 4 is 16.8 Å². The minimum Gasteiger partial charge on any atom is -0.497 e. The number of amides is 1. The van der Waals surface area contributed by atoms with Crippen LogP contribution in [0, 0.1) is 0 Å². The lowest BCUT2D eigenvalue weighted by molar-refractivity contribution is -0.137. The summed E-state index contributed by atoms with van der Waals surface area (Å²) in [6.07, 6.45) is -3.55. The maximum Gasteiger partial charge on any atom is 0.417 e. The summed E-state index contributed by atoms with van der Waals surface area (Å²) in [4.78, 5) is 18.0. The van der Waals surface area contributed by atoms with Gasteiger partial charge >= 0.3 is 6.18 Å². The predicted octanol–water partition coefficient (Wildman–Crippen LogP) is 6.34. The number of hydrogen-bond donors (Lipinski definition) is 1. The summed E-state index contributed by atoms with van der Waals surface area (Å²) in [5.74, 6) is 1.19. The van der Waals surface area contributed by atoms with E-state index in [4.69, 9.17) is 9.15 Å². The molecule has 0 aliphatic carbocycles. The SMILES string of the molecule is CCC(=O)N1CCc2c([nH]c3ccc(OC)cc23)[C@H]1c1ccc(-c2ccccc2C(F)(F)F)o1. The number of aromatic amines is 1. The number of alkyl halides is 3. The summed E-state index contributed by atoms with van der Waals surface area (Å²) >= 11 is 0. The van der Waals surface area contributed by atoms with Gasteiger partial charge in [-0.05, 0) is 48.4 Å². The number of halogens is 3. The smallest absolute Gasteiger partial charge is 0.417 e. The predicted molar refractivity (Wildman–Crippen MR) is 122 cm³/mol. The van der Waals surface area contributed by atoms with Gasteiger partial charge in [-0.15, -0.1) is 0 Å². The largest absolute Gasteiger partial charge is 0.497 e. The molecule has 1 aliphatic heterocycles. The quantitative estimate of drug-likeness (QED) is 0.380. The monoisotopic (exact) mass is 468 g/mol. The van der Waals surface area contributed by atoms with Crippen LogP contribution in [0.2, 0.25) is 0 Å². The lowest BCUT2D eigenvalue weighted by Crippen LogP contribution is -2.40. The number of ether oxygens (including phenoxy) is 1. The Morgan fingerprint density at radius 2 is 1.97 bits per heavy atom. The number of carbonyl (C=O) groups is 1. The van der Waals surface area contributed by atoms with Gasteiger partial charge in [-0.25, -0.2) is 0 Å². The van der Waals surface area contributed by atoms with Crippen LogP contribution in [0.25, 0.3) is 22.2 Å². The molecule has 34 heavy (non-hydrogen) atoms. The number of rotatable bonds is 4. The molecule has 1 N–H and O–H groups in total. The molecule has 0 fully saturated rings. The fraction of sp³-hybridized carbons (Fsp3) is 0.269.